The molecule has 0 spiro atoms. The first kappa shape index (κ1) is 22.2. The average molecular weight is 379 g/mol. The minimum atomic E-state index is -4.62. The summed E-state index contributed by atoms with van der Waals surface area (Å²) in [6, 6.07) is 2.28. The van der Waals surface area contributed by atoms with Gasteiger partial charge in [-0.25, -0.2) is 4.39 Å². The Kier molecular flexibility index (Phi) is 6.70. The molecule has 0 aliphatic rings. The van der Waals surface area contributed by atoms with Gasteiger partial charge in [0.25, 0.3) is 5.91 Å². The van der Waals surface area contributed by atoms with E-state index in [1.54, 1.807) is 33.0 Å². The van der Waals surface area contributed by atoms with Gasteiger partial charge < -0.3 is 19.8 Å². The highest BCUT2D eigenvalue weighted by atomic mass is 19.4. The molecular formula is C16H22BF4NO4. The van der Waals surface area contributed by atoms with E-state index in [4.69, 9.17) is 9.39 Å². The van der Waals surface area contributed by atoms with Crippen molar-refractivity contribution in [3.8, 4) is 5.75 Å². The molecule has 10 heteroatoms. The molecule has 0 saturated heterocycles. The standard InChI is InChI=1S/C16H22BF4NO4/c1-14(2,24)15(3,4)26-17-9-6-10(18)12(11(7-9)25-5)13(23)22-8-16(19,20)21/h6-7,17,24H,8H2,1-5H3,(H,22,23). The first-order valence-electron chi connectivity index (χ1n) is 7.75. The van der Waals surface area contributed by atoms with E-state index in [-0.39, 0.29) is 13.2 Å². The van der Waals surface area contributed by atoms with Crippen molar-refractivity contribution in [3.63, 3.8) is 0 Å². The van der Waals surface area contributed by atoms with E-state index in [1.165, 1.54) is 13.2 Å². The number of aliphatic hydroxyl groups is 1. The lowest BCUT2D eigenvalue weighted by atomic mass is 9.82. The van der Waals surface area contributed by atoms with E-state index >= 15 is 0 Å². The fourth-order valence-corrected chi connectivity index (χ4v) is 1.81. The van der Waals surface area contributed by atoms with E-state index < -0.39 is 41.2 Å². The molecule has 2 N–H and O–H groups in total. The maximum Gasteiger partial charge on any atom is 0.405 e. The lowest BCUT2D eigenvalue weighted by Gasteiger charge is -2.37. The lowest BCUT2D eigenvalue weighted by molar-refractivity contribution is -0.123. The fourth-order valence-electron chi connectivity index (χ4n) is 1.81. The van der Waals surface area contributed by atoms with E-state index in [2.05, 4.69) is 0 Å². The highest BCUT2D eigenvalue weighted by molar-refractivity contribution is 6.47. The first-order valence-corrected chi connectivity index (χ1v) is 7.75. The summed E-state index contributed by atoms with van der Waals surface area (Å²) in [5.74, 6) is -2.49. The molecule has 0 heterocycles. The zero-order valence-electron chi connectivity index (χ0n) is 15.3. The van der Waals surface area contributed by atoms with Gasteiger partial charge in [0.05, 0.1) is 18.3 Å². The molecule has 0 bridgehead atoms. The van der Waals surface area contributed by atoms with Crippen molar-refractivity contribution < 1.29 is 36.9 Å². The molecule has 146 valence electrons. The Balaban J connectivity index is 3.01. The third kappa shape index (κ3) is 5.88. The second kappa shape index (κ2) is 7.83. The van der Waals surface area contributed by atoms with Crippen LogP contribution in [0.2, 0.25) is 0 Å². The van der Waals surface area contributed by atoms with Gasteiger partial charge in [-0.15, -0.1) is 0 Å². The molecule has 0 aliphatic heterocycles. The Morgan fingerprint density at radius 3 is 2.27 bits per heavy atom. The number of rotatable bonds is 7. The van der Waals surface area contributed by atoms with Crippen molar-refractivity contribution >= 4 is 18.9 Å². The Morgan fingerprint density at radius 1 is 1.23 bits per heavy atom. The van der Waals surface area contributed by atoms with Crippen molar-refractivity contribution in [2.45, 2.75) is 45.1 Å². The van der Waals surface area contributed by atoms with Gasteiger partial charge in [0.2, 0.25) is 0 Å². The van der Waals surface area contributed by atoms with Crippen LogP contribution >= 0.6 is 0 Å². The van der Waals surface area contributed by atoms with Crippen molar-refractivity contribution in [2.24, 2.45) is 0 Å². The highest BCUT2D eigenvalue weighted by Crippen LogP contribution is 2.25. The molecule has 0 aliphatic carbocycles. The minimum absolute atomic E-state index is 0.102. The number of ether oxygens (including phenoxy) is 1. The second-order valence-corrected chi connectivity index (χ2v) is 6.81. The minimum Gasteiger partial charge on any atom is -0.496 e. The maximum atomic E-state index is 14.3. The SMILES string of the molecule is COc1cc(BOC(C)(C)C(C)(C)O)cc(F)c1C(=O)NCC(F)(F)F. The van der Waals surface area contributed by atoms with Crippen LogP contribution < -0.4 is 15.5 Å². The molecule has 0 radical (unpaired) electrons. The summed E-state index contributed by atoms with van der Waals surface area (Å²) >= 11 is 0. The Hall–Kier alpha value is -1.81. The van der Waals surface area contributed by atoms with Crippen molar-refractivity contribution in [3.05, 3.63) is 23.5 Å². The van der Waals surface area contributed by atoms with Crippen LogP contribution in [0.1, 0.15) is 38.1 Å². The largest absolute Gasteiger partial charge is 0.496 e. The van der Waals surface area contributed by atoms with Gasteiger partial charge in [-0.1, -0.05) is 0 Å². The zero-order valence-corrected chi connectivity index (χ0v) is 15.3. The molecule has 0 fully saturated rings. The Bertz CT molecular complexity index is 657. The van der Waals surface area contributed by atoms with Crippen LogP contribution in [-0.2, 0) is 4.65 Å². The van der Waals surface area contributed by atoms with Crippen LogP contribution in [0, 0.1) is 5.82 Å². The molecule has 1 rings (SSSR count). The van der Waals surface area contributed by atoms with Crippen LogP contribution in [0.15, 0.2) is 12.1 Å². The van der Waals surface area contributed by atoms with E-state index in [1.807, 2.05) is 0 Å². The summed E-state index contributed by atoms with van der Waals surface area (Å²) in [7, 11) is 1.06. The molecule has 5 nitrogen and oxygen atoms in total. The molecule has 0 unspecified atom stereocenters. The number of halogens is 4. The molecule has 26 heavy (non-hydrogen) atoms. The van der Waals surface area contributed by atoms with E-state index in [9.17, 15) is 27.5 Å². The van der Waals surface area contributed by atoms with Crippen LogP contribution in [0.25, 0.3) is 0 Å². The van der Waals surface area contributed by atoms with Crippen LogP contribution in [0.3, 0.4) is 0 Å². The normalized spacial score (nSPS) is 12.7. The second-order valence-electron chi connectivity index (χ2n) is 6.81. The van der Waals surface area contributed by atoms with Gasteiger partial charge in [0, 0.05) is 0 Å². The quantitative estimate of drug-likeness (QED) is 0.559. The third-order valence-corrected chi connectivity index (χ3v) is 4.08. The maximum absolute atomic E-state index is 14.3. The molecule has 1 amide bonds. The van der Waals surface area contributed by atoms with Crippen LogP contribution in [0.5, 0.6) is 5.75 Å². The predicted molar refractivity (Wildman–Crippen MR) is 89.6 cm³/mol. The number of benzene rings is 1. The summed E-state index contributed by atoms with van der Waals surface area (Å²) in [5.41, 5.74) is -2.46. The lowest BCUT2D eigenvalue weighted by Crippen LogP contribution is -2.49. The highest BCUT2D eigenvalue weighted by Gasteiger charge is 2.36. The molecule has 0 atom stereocenters. The number of nitrogens with one attached hydrogen (secondary N) is 1. The third-order valence-electron chi connectivity index (χ3n) is 4.08. The fraction of sp³-hybridized carbons (Fsp3) is 0.562. The topological polar surface area (TPSA) is 67.8 Å². The summed E-state index contributed by atoms with van der Waals surface area (Å²) < 4.78 is 61.5. The summed E-state index contributed by atoms with van der Waals surface area (Å²) in [6.07, 6.45) is -4.62. The number of methoxy groups -OCH3 is 1. The first-order chi connectivity index (χ1) is 11.7. The smallest absolute Gasteiger partial charge is 0.405 e. The van der Waals surface area contributed by atoms with Crippen molar-refractivity contribution in [1.82, 2.24) is 5.32 Å². The summed E-state index contributed by atoms with van der Waals surface area (Å²) in [5, 5.41) is 11.7. The molecule has 0 saturated carbocycles. The summed E-state index contributed by atoms with van der Waals surface area (Å²) in [4.78, 5) is 11.9. The van der Waals surface area contributed by atoms with Gasteiger partial charge in [-0.3, -0.25) is 4.79 Å². The van der Waals surface area contributed by atoms with Crippen molar-refractivity contribution in [2.75, 3.05) is 13.7 Å². The monoisotopic (exact) mass is 379 g/mol. The average Bonchev–Trinajstić information content (AvgIpc) is 2.48. The number of carbonyl (C=O) groups excluding carboxylic acids is 1. The molecule has 0 aromatic heterocycles. The molecule has 1 aromatic rings. The number of amides is 1. The van der Waals surface area contributed by atoms with Gasteiger partial charge in [0.15, 0.2) is 0 Å². The van der Waals surface area contributed by atoms with Crippen LogP contribution in [0.4, 0.5) is 17.6 Å². The van der Waals surface area contributed by atoms with Crippen molar-refractivity contribution in [1.29, 1.82) is 0 Å². The molecular weight excluding hydrogens is 357 g/mol. The number of hydrogen-bond acceptors (Lipinski definition) is 4. The van der Waals surface area contributed by atoms with Gasteiger partial charge in [-0.05, 0) is 45.3 Å². The van der Waals surface area contributed by atoms with E-state index in [0.717, 1.165) is 6.07 Å². The summed E-state index contributed by atoms with van der Waals surface area (Å²) in [6.45, 7) is 4.84. The van der Waals surface area contributed by atoms with E-state index in [0.29, 0.717) is 5.46 Å². The Morgan fingerprint density at radius 2 is 1.81 bits per heavy atom. The molecule has 1 aromatic carbocycles. The number of carbonyl (C=O) groups is 1. The number of alkyl halides is 3. The predicted octanol–water partition coefficient (Wildman–Crippen LogP) is 1.67. The zero-order chi connectivity index (χ0) is 20.3. The number of hydrogen-bond donors (Lipinski definition) is 2. The Labute approximate surface area is 149 Å². The van der Waals surface area contributed by atoms with Gasteiger partial charge in [0.1, 0.15) is 23.7 Å². The van der Waals surface area contributed by atoms with Crippen LogP contribution in [-0.4, -0.2) is 49.5 Å². The van der Waals surface area contributed by atoms with Gasteiger partial charge >= 0.3 is 13.7 Å². The van der Waals surface area contributed by atoms with Gasteiger partial charge in [-0.2, -0.15) is 13.2 Å².